The summed E-state index contributed by atoms with van der Waals surface area (Å²) in [5, 5.41) is 26.4. The third-order valence-corrected chi connectivity index (χ3v) is 5.29. The number of nitrogens with one attached hydrogen (secondary N) is 4. The van der Waals surface area contributed by atoms with E-state index in [9.17, 15) is 29.4 Å². The van der Waals surface area contributed by atoms with Gasteiger partial charge in [0.05, 0.1) is 19.0 Å². The summed E-state index contributed by atoms with van der Waals surface area (Å²) >= 11 is 0. The Morgan fingerprint density at radius 1 is 0.872 bits per heavy atom. The van der Waals surface area contributed by atoms with Crippen LogP contribution < -0.4 is 44.6 Å². The molecule has 0 aromatic carbocycles. The highest BCUT2D eigenvalue weighted by atomic mass is 16.4. The maximum Gasteiger partial charge on any atom is 0.326 e. The third-order valence-electron chi connectivity index (χ3n) is 5.29. The molecule has 218 valence electrons. The minimum atomic E-state index is -1.44. The molecule has 0 aliphatic carbocycles. The van der Waals surface area contributed by atoms with Crippen molar-refractivity contribution in [2.45, 2.75) is 56.3 Å². The number of carbonyl (C=O) groups excluding carboxylic acids is 3. The molecule has 0 spiro atoms. The summed E-state index contributed by atoms with van der Waals surface area (Å²) in [6.07, 6.45) is 3.53. The molecule has 1 heterocycles. The topological polar surface area (TPSA) is 328 Å². The zero-order valence-corrected chi connectivity index (χ0v) is 21.4. The Kier molecular flexibility index (Phi) is 14.3. The fourth-order valence-electron chi connectivity index (χ4n) is 3.26. The molecule has 0 fully saturated rings. The number of hydrogen-bond acceptors (Lipinski definition) is 9. The number of carboxylic acid groups (broad SMARTS) is 1. The van der Waals surface area contributed by atoms with Gasteiger partial charge in [0.15, 0.2) is 11.9 Å². The average molecular weight is 555 g/mol. The summed E-state index contributed by atoms with van der Waals surface area (Å²) in [5.74, 6) is -3.98. The number of aliphatic carboxylic acids is 1. The second kappa shape index (κ2) is 17.1. The van der Waals surface area contributed by atoms with E-state index in [0.717, 1.165) is 0 Å². The van der Waals surface area contributed by atoms with E-state index in [-0.39, 0.29) is 50.7 Å². The van der Waals surface area contributed by atoms with Gasteiger partial charge < -0.3 is 59.8 Å². The van der Waals surface area contributed by atoms with Crippen LogP contribution in [0.3, 0.4) is 0 Å². The number of aliphatic imine (C=N–C) groups is 2. The number of aromatic nitrogens is 2. The zero-order chi connectivity index (χ0) is 29.4. The van der Waals surface area contributed by atoms with Crippen LogP contribution in [0, 0.1) is 0 Å². The lowest BCUT2D eigenvalue weighted by molar-refractivity contribution is -0.142. The number of H-pyrrole nitrogens is 1. The van der Waals surface area contributed by atoms with Crippen molar-refractivity contribution < 1.29 is 29.4 Å². The van der Waals surface area contributed by atoms with E-state index in [1.54, 1.807) is 0 Å². The fraction of sp³-hybridized carbons (Fsp3) is 0.571. The highest BCUT2D eigenvalue weighted by Crippen LogP contribution is 2.04. The average Bonchev–Trinajstić information content (AvgIpc) is 3.38. The van der Waals surface area contributed by atoms with Gasteiger partial charge in [-0.2, -0.15) is 0 Å². The van der Waals surface area contributed by atoms with Gasteiger partial charge in [0.1, 0.15) is 18.1 Å². The number of nitrogens with zero attached hydrogens (tertiary/aromatic N) is 3. The minimum Gasteiger partial charge on any atom is -0.480 e. The predicted octanol–water partition coefficient (Wildman–Crippen LogP) is -5.08. The molecule has 0 unspecified atom stereocenters. The van der Waals surface area contributed by atoms with E-state index < -0.39 is 54.5 Å². The molecule has 0 saturated heterocycles. The standard InChI is InChI=1S/C21H38N12O6/c22-12(3-1-5-28-20(23)24)16(35)33-15(9-34)18(37)31-13(4-2-6-29-21(25)26)17(36)32-14(19(38)39)7-11-8-27-10-30-11/h8,10,12-15,34H,1-7,9,22H2,(H,27,30)(H,31,37)(H,32,36)(H,33,35)(H,38,39)(H4,23,24,28)(H4,25,26,29)/t12-,13-,14-,15-/m0/s1. The van der Waals surface area contributed by atoms with Crippen molar-refractivity contribution in [2.24, 2.45) is 38.7 Å². The number of amides is 3. The first-order chi connectivity index (χ1) is 18.4. The molecule has 4 atom stereocenters. The maximum atomic E-state index is 13.0. The smallest absolute Gasteiger partial charge is 0.326 e. The monoisotopic (exact) mass is 554 g/mol. The lowest BCUT2D eigenvalue weighted by atomic mass is 10.1. The number of guanidine groups is 2. The van der Waals surface area contributed by atoms with Crippen LogP contribution in [-0.2, 0) is 25.6 Å². The molecule has 39 heavy (non-hydrogen) atoms. The van der Waals surface area contributed by atoms with Crippen LogP contribution in [0.25, 0.3) is 0 Å². The summed E-state index contributed by atoms with van der Waals surface area (Å²) < 4.78 is 0. The quantitative estimate of drug-likeness (QED) is 0.0461. The first-order valence-electron chi connectivity index (χ1n) is 12.0. The number of rotatable bonds is 18. The molecule has 0 aliphatic rings. The van der Waals surface area contributed by atoms with Crippen molar-refractivity contribution in [1.82, 2.24) is 25.9 Å². The van der Waals surface area contributed by atoms with Crippen molar-refractivity contribution in [1.29, 1.82) is 0 Å². The van der Waals surface area contributed by atoms with E-state index in [1.165, 1.54) is 12.5 Å². The SMILES string of the molecule is NC(N)=NCCC[C@H](NC(=O)[C@H](CO)NC(=O)[C@@H](N)CCCN=C(N)N)C(=O)N[C@@H](Cc1cnc[nH]1)C(=O)O. The van der Waals surface area contributed by atoms with Crippen molar-refractivity contribution in [2.75, 3.05) is 19.7 Å². The normalized spacial score (nSPS) is 13.7. The summed E-state index contributed by atoms with van der Waals surface area (Å²) in [7, 11) is 0. The molecule has 1 aromatic rings. The molecule has 3 amide bonds. The number of imidazole rings is 1. The number of hydrogen-bond donors (Lipinski definition) is 11. The van der Waals surface area contributed by atoms with Gasteiger partial charge in [0.25, 0.3) is 0 Å². The first kappa shape index (κ1) is 32.6. The molecule has 0 bridgehead atoms. The number of aromatic amines is 1. The van der Waals surface area contributed by atoms with Gasteiger partial charge in [0.2, 0.25) is 17.7 Å². The summed E-state index contributed by atoms with van der Waals surface area (Å²) in [6, 6.07) is -5.03. The van der Waals surface area contributed by atoms with Crippen molar-refractivity contribution >= 4 is 35.6 Å². The van der Waals surface area contributed by atoms with Gasteiger partial charge in [-0.25, -0.2) is 9.78 Å². The van der Waals surface area contributed by atoms with E-state index in [0.29, 0.717) is 12.1 Å². The predicted molar refractivity (Wildman–Crippen MR) is 141 cm³/mol. The highest BCUT2D eigenvalue weighted by molar-refractivity contribution is 5.94. The van der Waals surface area contributed by atoms with Crippen molar-refractivity contribution in [3.8, 4) is 0 Å². The molecule has 0 saturated carbocycles. The Morgan fingerprint density at radius 2 is 1.41 bits per heavy atom. The van der Waals surface area contributed by atoms with Crippen LogP contribution in [0.5, 0.6) is 0 Å². The molecule has 18 nitrogen and oxygen atoms in total. The van der Waals surface area contributed by atoms with Crippen LogP contribution >= 0.6 is 0 Å². The molecule has 0 aliphatic heterocycles. The van der Waals surface area contributed by atoms with Gasteiger partial charge >= 0.3 is 5.97 Å². The van der Waals surface area contributed by atoms with E-state index in [4.69, 9.17) is 28.7 Å². The van der Waals surface area contributed by atoms with E-state index in [1.807, 2.05) is 0 Å². The Labute approximate surface area is 224 Å². The van der Waals surface area contributed by atoms with Crippen LogP contribution in [0.2, 0.25) is 0 Å². The number of aliphatic hydroxyl groups is 1. The Balaban J connectivity index is 2.87. The molecule has 18 heteroatoms. The molecule has 1 rings (SSSR count). The lowest BCUT2D eigenvalue weighted by Crippen LogP contribution is -2.58. The molecule has 1 aromatic heterocycles. The number of nitrogens with two attached hydrogens (primary N) is 5. The number of aliphatic hydroxyl groups excluding tert-OH is 1. The van der Waals surface area contributed by atoms with Gasteiger partial charge in [-0.05, 0) is 25.7 Å². The molecule has 16 N–H and O–H groups in total. The Bertz CT molecular complexity index is 992. The van der Waals surface area contributed by atoms with Gasteiger partial charge in [0, 0.05) is 31.4 Å². The molecular weight excluding hydrogens is 516 g/mol. The lowest BCUT2D eigenvalue weighted by Gasteiger charge is -2.24. The number of carbonyl (C=O) groups is 4. The van der Waals surface area contributed by atoms with E-state index >= 15 is 0 Å². The largest absolute Gasteiger partial charge is 0.480 e. The third kappa shape index (κ3) is 13.1. The summed E-state index contributed by atoms with van der Waals surface area (Å²) in [5.41, 5.74) is 27.4. The van der Waals surface area contributed by atoms with Gasteiger partial charge in [-0.3, -0.25) is 24.4 Å². The summed E-state index contributed by atoms with van der Waals surface area (Å²) in [6.45, 7) is -0.410. The second-order valence-corrected chi connectivity index (χ2v) is 8.49. The first-order valence-corrected chi connectivity index (χ1v) is 12.0. The van der Waals surface area contributed by atoms with Crippen LogP contribution in [0.4, 0.5) is 0 Å². The zero-order valence-electron chi connectivity index (χ0n) is 21.4. The Hall–Kier alpha value is -4.45. The Morgan fingerprint density at radius 3 is 1.92 bits per heavy atom. The van der Waals surface area contributed by atoms with Crippen molar-refractivity contribution in [3.05, 3.63) is 18.2 Å². The highest BCUT2D eigenvalue weighted by Gasteiger charge is 2.30. The van der Waals surface area contributed by atoms with E-state index in [2.05, 4.69) is 35.9 Å². The minimum absolute atomic E-state index is 0.0150. The van der Waals surface area contributed by atoms with Crippen LogP contribution in [0.15, 0.2) is 22.5 Å². The maximum absolute atomic E-state index is 13.0. The van der Waals surface area contributed by atoms with Crippen LogP contribution in [0.1, 0.15) is 31.4 Å². The van der Waals surface area contributed by atoms with Gasteiger partial charge in [-0.15, -0.1) is 0 Å². The fourth-order valence-corrected chi connectivity index (χ4v) is 3.26. The molecule has 0 radical (unpaired) electrons. The van der Waals surface area contributed by atoms with Crippen LogP contribution in [-0.4, -0.2) is 99.7 Å². The number of carboxylic acids is 1. The van der Waals surface area contributed by atoms with Gasteiger partial charge in [-0.1, -0.05) is 0 Å². The molecular formula is C21H38N12O6. The second-order valence-electron chi connectivity index (χ2n) is 8.49. The van der Waals surface area contributed by atoms with Crippen molar-refractivity contribution in [3.63, 3.8) is 0 Å². The summed E-state index contributed by atoms with van der Waals surface area (Å²) in [4.78, 5) is 64.1.